The lowest BCUT2D eigenvalue weighted by molar-refractivity contribution is -0.139. The van der Waals surface area contributed by atoms with Crippen molar-refractivity contribution in [2.24, 2.45) is 22.8 Å². The zero-order chi connectivity index (χ0) is 22.3. The Labute approximate surface area is 188 Å². The third-order valence-electron chi connectivity index (χ3n) is 7.25. The summed E-state index contributed by atoms with van der Waals surface area (Å²) >= 11 is 0. The van der Waals surface area contributed by atoms with Crippen LogP contribution in [-0.4, -0.2) is 48.4 Å². The Bertz CT molecular complexity index is 757. The predicted molar refractivity (Wildman–Crippen MR) is 128 cm³/mol. The predicted octanol–water partition coefficient (Wildman–Crippen LogP) is 3.45. The molecule has 170 valence electrons. The number of fused-ring (bicyclic) bond motifs is 1. The highest BCUT2D eigenvalue weighted by Crippen LogP contribution is 2.44. The molecule has 2 fully saturated rings. The van der Waals surface area contributed by atoms with E-state index in [-0.39, 0.29) is 5.92 Å². The van der Waals surface area contributed by atoms with Gasteiger partial charge in [0.05, 0.1) is 0 Å². The van der Waals surface area contributed by atoms with Gasteiger partial charge >= 0.3 is 0 Å². The molecule has 4 N–H and O–H groups in total. The molecule has 0 atom stereocenters. The van der Waals surface area contributed by atoms with Crippen LogP contribution in [0.3, 0.4) is 0 Å². The van der Waals surface area contributed by atoms with Gasteiger partial charge in [0.2, 0.25) is 5.91 Å². The number of piperidine rings is 2. The summed E-state index contributed by atoms with van der Waals surface area (Å²) in [7, 11) is 0. The van der Waals surface area contributed by atoms with Crippen molar-refractivity contribution >= 4 is 5.91 Å². The molecule has 0 unspecified atom stereocenters. The van der Waals surface area contributed by atoms with E-state index >= 15 is 0 Å². The summed E-state index contributed by atoms with van der Waals surface area (Å²) in [5.41, 5.74) is 15.6. The van der Waals surface area contributed by atoms with E-state index in [9.17, 15) is 4.79 Å². The lowest BCUT2D eigenvalue weighted by atomic mass is 9.75. The molecule has 2 heterocycles. The van der Waals surface area contributed by atoms with Gasteiger partial charge in [0.1, 0.15) is 0 Å². The van der Waals surface area contributed by atoms with Gasteiger partial charge in [-0.2, -0.15) is 0 Å². The van der Waals surface area contributed by atoms with E-state index in [0.717, 1.165) is 64.0 Å². The average molecular weight is 425 g/mol. The zero-order valence-corrected chi connectivity index (χ0v) is 19.4. The van der Waals surface area contributed by atoms with E-state index in [0.29, 0.717) is 11.3 Å². The number of amides is 1. The molecule has 0 radical (unpaired) electrons. The number of nitrogens with two attached hydrogens (primary N) is 2. The number of carbonyl (C=O) groups is 1. The largest absolute Gasteiger partial charge is 0.405 e. The van der Waals surface area contributed by atoms with Crippen molar-refractivity contribution in [1.82, 2.24) is 9.80 Å². The molecule has 1 aromatic rings. The van der Waals surface area contributed by atoms with Gasteiger partial charge in [0.25, 0.3) is 0 Å². The molecule has 1 amide bonds. The third-order valence-corrected chi connectivity index (χ3v) is 7.25. The molecular formula is C26H40N4O. The first-order chi connectivity index (χ1) is 15.1. The summed E-state index contributed by atoms with van der Waals surface area (Å²) < 4.78 is 0. The lowest BCUT2D eigenvalue weighted by Crippen LogP contribution is -2.48. The van der Waals surface area contributed by atoms with E-state index in [4.69, 9.17) is 11.5 Å². The van der Waals surface area contributed by atoms with Crippen molar-refractivity contribution in [3.05, 3.63) is 59.4 Å². The van der Waals surface area contributed by atoms with Gasteiger partial charge in [-0.25, -0.2) is 0 Å². The van der Waals surface area contributed by atoms with Gasteiger partial charge in [0, 0.05) is 25.6 Å². The number of nitrogens with zero attached hydrogens (tertiary/aromatic N) is 2. The number of benzene rings is 1. The monoisotopic (exact) mass is 424 g/mol. The first kappa shape index (κ1) is 23.4. The van der Waals surface area contributed by atoms with Crippen LogP contribution in [0.15, 0.2) is 48.3 Å². The van der Waals surface area contributed by atoms with E-state index in [1.54, 1.807) is 6.20 Å². The molecule has 2 saturated heterocycles. The summed E-state index contributed by atoms with van der Waals surface area (Å²) in [5.74, 6) is 0.558. The quantitative estimate of drug-likeness (QED) is 0.726. The fourth-order valence-electron chi connectivity index (χ4n) is 5.47. The van der Waals surface area contributed by atoms with Gasteiger partial charge in [-0.1, -0.05) is 38.1 Å². The fourth-order valence-corrected chi connectivity index (χ4v) is 5.47. The zero-order valence-electron chi connectivity index (χ0n) is 19.4. The topological polar surface area (TPSA) is 75.6 Å². The van der Waals surface area contributed by atoms with Crippen molar-refractivity contribution in [1.29, 1.82) is 0 Å². The Hall–Kier alpha value is -2.27. The molecule has 31 heavy (non-hydrogen) atoms. The van der Waals surface area contributed by atoms with Crippen molar-refractivity contribution in [2.75, 3.05) is 32.7 Å². The van der Waals surface area contributed by atoms with Crippen LogP contribution < -0.4 is 11.5 Å². The van der Waals surface area contributed by atoms with E-state index in [1.807, 2.05) is 19.9 Å². The second-order valence-corrected chi connectivity index (χ2v) is 9.10. The van der Waals surface area contributed by atoms with Crippen LogP contribution in [0.5, 0.6) is 0 Å². The highest BCUT2D eigenvalue weighted by molar-refractivity contribution is 5.79. The van der Waals surface area contributed by atoms with Gasteiger partial charge in [-0.05, 0) is 92.2 Å². The maximum absolute atomic E-state index is 13.1. The summed E-state index contributed by atoms with van der Waals surface area (Å²) in [6.07, 6.45) is 11.5. The van der Waals surface area contributed by atoms with Crippen molar-refractivity contribution in [3.63, 3.8) is 0 Å². The standard InChI is InChI=1S/C24H34N4O.C2H6/c25-10-5-19(17-26)18-27-11-6-20(7-12-27)23(29)28-13-8-24(9-14-28)15-21-3-1-2-4-22(21)16-24;1-2/h1-5,10,17,20H,6-9,11-16,18,25-26H2;1-2H3/b10-5-,19-17+;. The fraction of sp³-hybridized carbons (Fsp3) is 0.577. The van der Waals surface area contributed by atoms with E-state index in [1.165, 1.54) is 30.2 Å². The molecule has 1 aliphatic carbocycles. The maximum Gasteiger partial charge on any atom is 0.225 e. The molecule has 0 aromatic heterocycles. The average Bonchev–Trinajstić information content (AvgIpc) is 3.18. The van der Waals surface area contributed by atoms with Crippen LogP contribution in [0.1, 0.15) is 50.7 Å². The first-order valence-electron chi connectivity index (χ1n) is 12.0. The van der Waals surface area contributed by atoms with E-state index in [2.05, 4.69) is 34.1 Å². The number of hydrogen-bond acceptors (Lipinski definition) is 4. The Morgan fingerprint density at radius 1 is 1.03 bits per heavy atom. The minimum atomic E-state index is 0.177. The van der Waals surface area contributed by atoms with Gasteiger partial charge in [-0.3, -0.25) is 9.69 Å². The van der Waals surface area contributed by atoms with Crippen LogP contribution in [0.2, 0.25) is 0 Å². The molecule has 1 spiro atoms. The van der Waals surface area contributed by atoms with Crippen molar-refractivity contribution in [2.45, 2.75) is 52.4 Å². The molecule has 2 aliphatic heterocycles. The molecule has 1 aromatic carbocycles. The first-order valence-corrected chi connectivity index (χ1v) is 12.0. The van der Waals surface area contributed by atoms with Crippen LogP contribution in [0.25, 0.3) is 0 Å². The molecule has 5 nitrogen and oxygen atoms in total. The third kappa shape index (κ3) is 5.51. The van der Waals surface area contributed by atoms with Gasteiger partial charge in [0.15, 0.2) is 0 Å². The summed E-state index contributed by atoms with van der Waals surface area (Å²) in [4.78, 5) is 17.6. The number of hydrogen-bond donors (Lipinski definition) is 2. The van der Waals surface area contributed by atoms with Crippen LogP contribution in [-0.2, 0) is 17.6 Å². The maximum atomic E-state index is 13.1. The van der Waals surface area contributed by atoms with Crippen LogP contribution >= 0.6 is 0 Å². The van der Waals surface area contributed by atoms with Gasteiger partial charge < -0.3 is 16.4 Å². The molecule has 5 heteroatoms. The van der Waals surface area contributed by atoms with Crippen LogP contribution in [0.4, 0.5) is 0 Å². The highest BCUT2D eigenvalue weighted by atomic mass is 16.2. The minimum Gasteiger partial charge on any atom is -0.405 e. The molecule has 4 rings (SSSR count). The number of carbonyl (C=O) groups excluding carboxylic acids is 1. The van der Waals surface area contributed by atoms with Crippen molar-refractivity contribution in [3.8, 4) is 0 Å². The SMILES string of the molecule is CC.N/C=C\C(=C/N)CN1CCC(C(=O)N2CCC3(CC2)Cc2ccccc2C3)CC1. The van der Waals surface area contributed by atoms with Crippen LogP contribution in [0, 0.1) is 11.3 Å². The molecular weight excluding hydrogens is 384 g/mol. The molecule has 0 saturated carbocycles. The molecule has 3 aliphatic rings. The smallest absolute Gasteiger partial charge is 0.225 e. The van der Waals surface area contributed by atoms with E-state index < -0.39 is 0 Å². The Balaban J connectivity index is 0.00000132. The Morgan fingerprint density at radius 2 is 1.61 bits per heavy atom. The number of likely N-dealkylation sites (tertiary alicyclic amines) is 2. The second kappa shape index (κ2) is 10.9. The normalized spacial score (nSPS) is 21.7. The Morgan fingerprint density at radius 3 is 2.13 bits per heavy atom. The highest BCUT2D eigenvalue weighted by Gasteiger charge is 2.41. The minimum absolute atomic E-state index is 0.177. The lowest BCUT2D eigenvalue weighted by Gasteiger charge is -2.41. The summed E-state index contributed by atoms with van der Waals surface area (Å²) in [5, 5.41) is 0. The number of rotatable bonds is 4. The summed E-state index contributed by atoms with van der Waals surface area (Å²) in [6, 6.07) is 8.87. The summed E-state index contributed by atoms with van der Waals surface area (Å²) in [6.45, 7) is 8.54. The van der Waals surface area contributed by atoms with Gasteiger partial charge in [-0.15, -0.1) is 0 Å². The Kier molecular flexibility index (Phi) is 8.19. The van der Waals surface area contributed by atoms with Crippen molar-refractivity contribution < 1.29 is 4.79 Å². The molecule has 0 bridgehead atoms. The second-order valence-electron chi connectivity index (χ2n) is 9.10.